The Morgan fingerprint density at radius 1 is 0.711 bits per heavy atom. The summed E-state index contributed by atoms with van der Waals surface area (Å²) in [5.41, 5.74) is 3.46. The summed E-state index contributed by atoms with van der Waals surface area (Å²) in [6.45, 7) is 4.95. The number of fused-ring (bicyclic) bond motifs is 1. The first kappa shape index (κ1) is 33.1. The molecule has 0 unspecified atom stereocenters. The average molecular weight is 623 g/mol. The van der Waals surface area contributed by atoms with E-state index in [1.54, 1.807) is 6.07 Å². The van der Waals surface area contributed by atoms with Gasteiger partial charge < -0.3 is 33.5 Å². The minimum Gasteiger partial charge on any atom is -0.463 e. The summed E-state index contributed by atoms with van der Waals surface area (Å²) in [5, 5.41) is 12.4. The van der Waals surface area contributed by atoms with Gasteiger partial charge in [-0.05, 0) is 40.8 Å². The van der Waals surface area contributed by atoms with Gasteiger partial charge in [0, 0.05) is 34.6 Å². The molecule has 0 aromatic heterocycles. The number of esters is 5. The number of rotatable bonds is 9. The van der Waals surface area contributed by atoms with E-state index in [0.29, 0.717) is 12.0 Å². The standard InChI is InChI=1S/C33H34O12/c1-18(34)40-17-29-30(42-20(3)36)31(43-21(4)37)32(44-22(5)38)33(39,45-29)27-16-23(11-12-28(27)41-19(2)35)13-24-14-25-9-7-6-8-10-26(25)15-24/h6-12,14-16,29-32,39H,13,17H2,1-5H3/t29-,30-,31+,32-,33+/m1/s1. The van der Waals surface area contributed by atoms with E-state index < -0.39 is 66.7 Å². The Morgan fingerprint density at radius 3 is 1.87 bits per heavy atom. The molecule has 1 fully saturated rings. The van der Waals surface area contributed by atoms with Crippen molar-refractivity contribution in [3.8, 4) is 16.9 Å². The molecule has 12 heteroatoms. The van der Waals surface area contributed by atoms with Gasteiger partial charge in [0.1, 0.15) is 18.5 Å². The van der Waals surface area contributed by atoms with Crippen molar-refractivity contribution in [2.45, 2.75) is 71.2 Å². The molecule has 1 aliphatic heterocycles. The Hall–Kier alpha value is -4.81. The molecule has 1 heterocycles. The lowest BCUT2D eigenvalue weighted by Gasteiger charge is -2.48. The summed E-state index contributed by atoms with van der Waals surface area (Å²) in [5.74, 6) is -6.86. The largest absolute Gasteiger partial charge is 0.463 e. The molecule has 4 rings (SSSR count). The second-order valence-corrected chi connectivity index (χ2v) is 10.6. The van der Waals surface area contributed by atoms with Crippen molar-refractivity contribution in [3.05, 3.63) is 77.4 Å². The summed E-state index contributed by atoms with van der Waals surface area (Å²) in [6.07, 6.45) is -6.05. The van der Waals surface area contributed by atoms with Crippen molar-refractivity contribution < 1.29 is 57.5 Å². The van der Waals surface area contributed by atoms with Crippen molar-refractivity contribution in [2.75, 3.05) is 6.61 Å². The summed E-state index contributed by atoms with van der Waals surface area (Å²) in [4.78, 5) is 60.6. The van der Waals surface area contributed by atoms with Crippen molar-refractivity contribution in [1.82, 2.24) is 0 Å². The van der Waals surface area contributed by atoms with Gasteiger partial charge in [0.15, 0.2) is 12.2 Å². The molecular weight excluding hydrogens is 588 g/mol. The molecule has 2 aliphatic carbocycles. The molecule has 12 nitrogen and oxygen atoms in total. The van der Waals surface area contributed by atoms with Crippen LogP contribution in [0.2, 0.25) is 0 Å². The van der Waals surface area contributed by atoms with E-state index in [1.807, 2.05) is 42.5 Å². The van der Waals surface area contributed by atoms with Gasteiger partial charge in [0.2, 0.25) is 11.9 Å². The van der Waals surface area contributed by atoms with Crippen LogP contribution < -0.4 is 4.74 Å². The van der Waals surface area contributed by atoms with Crippen LogP contribution in [0.5, 0.6) is 5.75 Å². The van der Waals surface area contributed by atoms with Crippen LogP contribution in [0.15, 0.2) is 60.7 Å². The van der Waals surface area contributed by atoms with Gasteiger partial charge >= 0.3 is 29.8 Å². The number of aliphatic hydroxyl groups is 1. The fourth-order valence-corrected chi connectivity index (χ4v) is 5.33. The van der Waals surface area contributed by atoms with Gasteiger partial charge in [0.25, 0.3) is 0 Å². The van der Waals surface area contributed by atoms with E-state index in [-0.39, 0.29) is 11.3 Å². The molecule has 1 saturated heterocycles. The highest BCUT2D eigenvalue weighted by Crippen LogP contribution is 2.44. The lowest BCUT2D eigenvalue weighted by atomic mass is 9.86. The number of benzene rings is 1. The first-order valence-electron chi connectivity index (χ1n) is 14.1. The Kier molecular flexibility index (Phi) is 10.2. The highest BCUT2D eigenvalue weighted by atomic mass is 16.7. The Labute approximate surface area is 259 Å². The maximum atomic E-state index is 12.4. The SMILES string of the molecule is CC(=O)OC[C@H]1O[C@@](O)(c2cc(Cc3cc4cccccc-4c3)ccc2OC(C)=O)[C@H](OC(C)=O)[C@@H](OC(C)=O)[C@@H]1OC(C)=O. The third kappa shape index (κ3) is 8.02. The Morgan fingerprint density at radius 2 is 1.31 bits per heavy atom. The monoisotopic (exact) mass is 622 g/mol. The van der Waals surface area contributed by atoms with E-state index in [4.69, 9.17) is 28.4 Å². The fourth-order valence-electron chi connectivity index (χ4n) is 5.33. The molecule has 0 spiro atoms. The molecule has 5 atom stereocenters. The highest BCUT2D eigenvalue weighted by Gasteiger charge is 2.61. The van der Waals surface area contributed by atoms with Gasteiger partial charge in [-0.3, -0.25) is 24.0 Å². The molecule has 0 radical (unpaired) electrons. The molecule has 0 amide bonds. The van der Waals surface area contributed by atoms with E-state index in [0.717, 1.165) is 51.3 Å². The second kappa shape index (κ2) is 13.9. The van der Waals surface area contributed by atoms with Gasteiger partial charge in [-0.2, -0.15) is 0 Å². The summed E-state index contributed by atoms with van der Waals surface area (Å²) < 4.78 is 33.0. The maximum Gasteiger partial charge on any atom is 0.308 e. The first-order valence-corrected chi connectivity index (χ1v) is 14.1. The van der Waals surface area contributed by atoms with E-state index in [1.165, 1.54) is 12.1 Å². The number of hydrogen-bond donors (Lipinski definition) is 1. The molecule has 0 saturated carbocycles. The minimum atomic E-state index is -2.68. The van der Waals surface area contributed by atoms with E-state index in [9.17, 15) is 29.1 Å². The van der Waals surface area contributed by atoms with Crippen LogP contribution in [0.25, 0.3) is 11.1 Å². The number of carbonyl (C=O) groups is 5. The van der Waals surface area contributed by atoms with Crippen molar-refractivity contribution in [1.29, 1.82) is 0 Å². The fraction of sp³-hybridized carbons (Fsp3) is 0.364. The van der Waals surface area contributed by atoms with Crippen LogP contribution in [0.1, 0.15) is 51.3 Å². The summed E-state index contributed by atoms with van der Waals surface area (Å²) in [7, 11) is 0. The third-order valence-electron chi connectivity index (χ3n) is 6.93. The second-order valence-electron chi connectivity index (χ2n) is 10.6. The van der Waals surface area contributed by atoms with Gasteiger partial charge in [-0.15, -0.1) is 0 Å². The summed E-state index contributed by atoms with van der Waals surface area (Å²) in [6, 6.07) is 18.4. The predicted octanol–water partition coefficient (Wildman–Crippen LogP) is 3.21. The smallest absolute Gasteiger partial charge is 0.308 e. The molecule has 1 N–H and O–H groups in total. The van der Waals surface area contributed by atoms with Crippen molar-refractivity contribution >= 4 is 29.8 Å². The van der Waals surface area contributed by atoms with Gasteiger partial charge in [-0.1, -0.05) is 48.5 Å². The van der Waals surface area contributed by atoms with E-state index >= 15 is 0 Å². The zero-order valence-electron chi connectivity index (χ0n) is 25.4. The number of carbonyl (C=O) groups excluding carboxylic acids is 5. The number of ether oxygens (including phenoxy) is 6. The van der Waals surface area contributed by atoms with Crippen molar-refractivity contribution in [2.24, 2.45) is 0 Å². The molecule has 1 aromatic rings. The molecule has 0 bridgehead atoms. The number of hydrogen-bond acceptors (Lipinski definition) is 12. The van der Waals surface area contributed by atoms with Crippen LogP contribution in [0, 0.1) is 0 Å². The topological polar surface area (TPSA) is 161 Å². The average Bonchev–Trinajstić information content (AvgIpc) is 3.18. The van der Waals surface area contributed by atoms with Gasteiger partial charge in [0.05, 0.1) is 5.56 Å². The van der Waals surface area contributed by atoms with Crippen LogP contribution in [-0.2, 0) is 59.9 Å². The zero-order valence-corrected chi connectivity index (χ0v) is 25.4. The lowest BCUT2D eigenvalue weighted by Crippen LogP contribution is -2.66. The molecule has 45 heavy (non-hydrogen) atoms. The van der Waals surface area contributed by atoms with Crippen LogP contribution in [-0.4, -0.2) is 66.0 Å². The maximum absolute atomic E-state index is 12.4. The van der Waals surface area contributed by atoms with Crippen LogP contribution >= 0.6 is 0 Å². The molecule has 1 aromatic carbocycles. The molecule has 3 aliphatic rings. The quantitative estimate of drug-likeness (QED) is 0.211. The third-order valence-corrected chi connectivity index (χ3v) is 6.93. The zero-order chi connectivity index (χ0) is 32.9. The van der Waals surface area contributed by atoms with Crippen LogP contribution in [0.4, 0.5) is 0 Å². The molecule has 238 valence electrons. The Bertz CT molecular complexity index is 1530. The highest BCUT2D eigenvalue weighted by molar-refractivity contribution is 5.71. The minimum absolute atomic E-state index is 0.149. The van der Waals surface area contributed by atoms with E-state index in [2.05, 4.69) is 0 Å². The normalized spacial score (nSPS) is 22.6. The molecular formula is C33H34O12. The van der Waals surface area contributed by atoms with Crippen LogP contribution in [0.3, 0.4) is 0 Å². The Balaban J connectivity index is 1.88. The van der Waals surface area contributed by atoms with Gasteiger partial charge in [-0.25, -0.2) is 0 Å². The first-order chi connectivity index (χ1) is 21.3. The summed E-state index contributed by atoms with van der Waals surface area (Å²) >= 11 is 0. The lowest BCUT2D eigenvalue weighted by molar-refractivity contribution is -0.360. The predicted molar refractivity (Wildman–Crippen MR) is 156 cm³/mol. The van der Waals surface area contributed by atoms with Crippen molar-refractivity contribution in [3.63, 3.8) is 0 Å².